The lowest BCUT2D eigenvalue weighted by atomic mass is 10.1. The number of halogens is 1. The molecular formula is C11H14ClNO4S. The Morgan fingerprint density at radius 1 is 1.44 bits per heavy atom. The van der Waals surface area contributed by atoms with Crippen molar-refractivity contribution in [3.8, 4) is 0 Å². The summed E-state index contributed by atoms with van der Waals surface area (Å²) >= 11 is 5.79. The number of carboxylic acids is 1. The third-order valence-electron chi connectivity index (χ3n) is 2.23. The molecule has 0 saturated carbocycles. The van der Waals surface area contributed by atoms with Crippen molar-refractivity contribution in [1.29, 1.82) is 0 Å². The number of nitrogens with one attached hydrogen (secondary N) is 1. The molecule has 0 aliphatic heterocycles. The van der Waals surface area contributed by atoms with E-state index in [1.54, 1.807) is 12.1 Å². The zero-order valence-electron chi connectivity index (χ0n) is 9.81. The molecule has 0 atom stereocenters. The SMILES string of the molecule is CS(=O)(=O)CCCNc1cccc(Cl)c1C(=O)O. The van der Waals surface area contributed by atoms with E-state index in [1.807, 2.05) is 0 Å². The molecule has 0 aromatic heterocycles. The Bertz CT molecular complexity index is 542. The van der Waals surface area contributed by atoms with Gasteiger partial charge >= 0.3 is 5.97 Å². The molecular weight excluding hydrogens is 278 g/mol. The molecule has 0 aliphatic rings. The molecule has 100 valence electrons. The fourth-order valence-electron chi connectivity index (χ4n) is 1.45. The number of carboxylic acid groups (broad SMARTS) is 1. The number of anilines is 1. The van der Waals surface area contributed by atoms with E-state index in [1.165, 1.54) is 6.07 Å². The van der Waals surface area contributed by atoms with Crippen LogP contribution >= 0.6 is 11.6 Å². The summed E-state index contributed by atoms with van der Waals surface area (Å²) in [6, 6.07) is 4.72. The second-order valence-electron chi connectivity index (χ2n) is 3.88. The van der Waals surface area contributed by atoms with Crippen LogP contribution in [0.3, 0.4) is 0 Å². The number of rotatable bonds is 6. The topological polar surface area (TPSA) is 83.5 Å². The molecule has 0 saturated heterocycles. The predicted octanol–water partition coefficient (Wildman–Crippen LogP) is 1.88. The zero-order valence-corrected chi connectivity index (χ0v) is 11.4. The highest BCUT2D eigenvalue weighted by atomic mass is 35.5. The quantitative estimate of drug-likeness (QED) is 0.782. The lowest BCUT2D eigenvalue weighted by Crippen LogP contribution is -2.12. The maximum absolute atomic E-state index is 11.0. The first-order chi connectivity index (χ1) is 8.31. The number of hydrogen-bond donors (Lipinski definition) is 2. The molecule has 7 heteroatoms. The van der Waals surface area contributed by atoms with Crippen LogP contribution < -0.4 is 5.32 Å². The van der Waals surface area contributed by atoms with Gasteiger partial charge in [-0.3, -0.25) is 0 Å². The van der Waals surface area contributed by atoms with Gasteiger partial charge in [0.1, 0.15) is 15.4 Å². The van der Waals surface area contributed by atoms with Gasteiger partial charge in [-0.25, -0.2) is 13.2 Å². The normalized spacial score (nSPS) is 11.2. The molecule has 0 heterocycles. The number of benzene rings is 1. The van der Waals surface area contributed by atoms with Crippen LogP contribution in [0.5, 0.6) is 0 Å². The van der Waals surface area contributed by atoms with Crippen LogP contribution in [0.15, 0.2) is 18.2 Å². The Balaban J connectivity index is 2.68. The highest BCUT2D eigenvalue weighted by Gasteiger charge is 2.13. The predicted molar refractivity (Wildman–Crippen MR) is 71.2 cm³/mol. The van der Waals surface area contributed by atoms with E-state index in [0.29, 0.717) is 18.7 Å². The van der Waals surface area contributed by atoms with Crippen molar-refractivity contribution >= 4 is 33.1 Å². The first-order valence-corrected chi connectivity index (χ1v) is 7.68. The summed E-state index contributed by atoms with van der Waals surface area (Å²) in [5.41, 5.74) is 0.391. The summed E-state index contributed by atoms with van der Waals surface area (Å²) in [4.78, 5) is 11.0. The summed E-state index contributed by atoms with van der Waals surface area (Å²) in [6.45, 7) is 0.369. The first-order valence-electron chi connectivity index (χ1n) is 5.24. The Kier molecular flexibility index (Phi) is 4.98. The minimum atomic E-state index is -3.00. The molecule has 0 spiro atoms. The third-order valence-corrected chi connectivity index (χ3v) is 3.58. The van der Waals surface area contributed by atoms with Crippen LogP contribution in [-0.4, -0.2) is 38.0 Å². The van der Waals surface area contributed by atoms with Crippen LogP contribution in [0.1, 0.15) is 16.8 Å². The van der Waals surface area contributed by atoms with Crippen molar-refractivity contribution in [2.45, 2.75) is 6.42 Å². The number of sulfone groups is 1. The second kappa shape index (κ2) is 6.06. The van der Waals surface area contributed by atoms with Crippen molar-refractivity contribution in [3.63, 3.8) is 0 Å². The van der Waals surface area contributed by atoms with Crippen molar-refractivity contribution < 1.29 is 18.3 Å². The van der Waals surface area contributed by atoms with Gasteiger partial charge in [0.2, 0.25) is 0 Å². The van der Waals surface area contributed by atoms with Gasteiger partial charge in [-0.15, -0.1) is 0 Å². The zero-order chi connectivity index (χ0) is 13.8. The van der Waals surface area contributed by atoms with E-state index in [9.17, 15) is 13.2 Å². The summed E-state index contributed by atoms with van der Waals surface area (Å²) in [5, 5.41) is 12.0. The minimum Gasteiger partial charge on any atom is -0.478 e. The molecule has 1 aromatic carbocycles. The molecule has 0 amide bonds. The molecule has 2 N–H and O–H groups in total. The molecule has 18 heavy (non-hydrogen) atoms. The smallest absolute Gasteiger partial charge is 0.339 e. The van der Waals surface area contributed by atoms with Crippen molar-refractivity contribution in [2.75, 3.05) is 23.9 Å². The average Bonchev–Trinajstić information content (AvgIpc) is 2.22. The molecule has 1 rings (SSSR count). The number of hydrogen-bond acceptors (Lipinski definition) is 4. The van der Waals surface area contributed by atoms with Gasteiger partial charge in [0.15, 0.2) is 0 Å². The number of aromatic carboxylic acids is 1. The van der Waals surface area contributed by atoms with Crippen LogP contribution in [0.4, 0.5) is 5.69 Å². The molecule has 0 bridgehead atoms. The van der Waals surface area contributed by atoms with E-state index in [0.717, 1.165) is 6.26 Å². The maximum Gasteiger partial charge on any atom is 0.339 e. The summed E-state index contributed by atoms with van der Waals surface area (Å²) < 4.78 is 21.9. The molecule has 0 unspecified atom stereocenters. The molecule has 0 radical (unpaired) electrons. The average molecular weight is 292 g/mol. The maximum atomic E-state index is 11.0. The van der Waals surface area contributed by atoms with Gasteiger partial charge in [0.05, 0.1) is 16.5 Å². The Labute approximate surface area is 111 Å². The molecule has 1 aromatic rings. The van der Waals surface area contributed by atoms with E-state index < -0.39 is 15.8 Å². The van der Waals surface area contributed by atoms with Gasteiger partial charge in [0, 0.05) is 12.8 Å². The van der Waals surface area contributed by atoms with Gasteiger partial charge in [-0.1, -0.05) is 17.7 Å². The monoisotopic (exact) mass is 291 g/mol. The largest absolute Gasteiger partial charge is 0.478 e. The van der Waals surface area contributed by atoms with Crippen LogP contribution in [0, 0.1) is 0 Å². The summed E-state index contributed by atoms with van der Waals surface area (Å²) in [6.07, 6.45) is 1.57. The van der Waals surface area contributed by atoms with Gasteiger partial charge in [-0.05, 0) is 18.6 Å². The van der Waals surface area contributed by atoms with Crippen LogP contribution in [0.25, 0.3) is 0 Å². The molecule has 0 aliphatic carbocycles. The Morgan fingerprint density at radius 3 is 2.67 bits per heavy atom. The fraction of sp³-hybridized carbons (Fsp3) is 0.364. The summed E-state index contributed by atoms with van der Waals surface area (Å²) in [7, 11) is -3.00. The van der Waals surface area contributed by atoms with E-state index in [-0.39, 0.29) is 16.3 Å². The van der Waals surface area contributed by atoms with Crippen molar-refractivity contribution in [3.05, 3.63) is 28.8 Å². The molecule has 0 fully saturated rings. The summed E-state index contributed by atoms with van der Waals surface area (Å²) in [5.74, 6) is -1.06. The molecule has 5 nitrogen and oxygen atoms in total. The standard InChI is InChI=1S/C11H14ClNO4S/c1-18(16,17)7-3-6-13-9-5-2-4-8(12)10(9)11(14)15/h2,4-5,13H,3,6-7H2,1H3,(H,14,15). The van der Waals surface area contributed by atoms with E-state index >= 15 is 0 Å². The highest BCUT2D eigenvalue weighted by molar-refractivity contribution is 7.90. The fourth-order valence-corrected chi connectivity index (χ4v) is 2.37. The van der Waals surface area contributed by atoms with Crippen LogP contribution in [-0.2, 0) is 9.84 Å². The van der Waals surface area contributed by atoms with E-state index in [2.05, 4.69) is 5.32 Å². The second-order valence-corrected chi connectivity index (χ2v) is 6.54. The lowest BCUT2D eigenvalue weighted by Gasteiger charge is -2.10. The number of carbonyl (C=O) groups is 1. The van der Waals surface area contributed by atoms with Gasteiger partial charge in [0.25, 0.3) is 0 Å². The minimum absolute atomic E-state index is 0.00137. The lowest BCUT2D eigenvalue weighted by molar-refractivity contribution is 0.0698. The third kappa shape index (κ3) is 4.54. The van der Waals surface area contributed by atoms with Crippen molar-refractivity contribution in [1.82, 2.24) is 0 Å². The van der Waals surface area contributed by atoms with Gasteiger partial charge in [-0.2, -0.15) is 0 Å². The van der Waals surface area contributed by atoms with Crippen molar-refractivity contribution in [2.24, 2.45) is 0 Å². The highest BCUT2D eigenvalue weighted by Crippen LogP contribution is 2.24. The van der Waals surface area contributed by atoms with E-state index in [4.69, 9.17) is 16.7 Å². The Hall–Kier alpha value is -1.27. The van der Waals surface area contributed by atoms with Gasteiger partial charge < -0.3 is 10.4 Å². The van der Waals surface area contributed by atoms with Crippen LogP contribution in [0.2, 0.25) is 5.02 Å². The Morgan fingerprint density at radius 2 is 2.11 bits per heavy atom. The first kappa shape index (κ1) is 14.8.